The van der Waals surface area contributed by atoms with E-state index in [9.17, 15) is 19.5 Å². The summed E-state index contributed by atoms with van der Waals surface area (Å²) in [6, 6.07) is 7.14. The number of aliphatic carboxylic acids is 1. The van der Waals surface area contributed by atoms with E-state index < -0.39 is 29.5 Å². The van der Waals surface area contributed by atoms with E-state index in [1.165, 1.54) is 0 Å². The molecule has 1 aliphatic heterocycles. The Balaban J connectivity index is 1.25. The molecule has 0 aliphatic carbocycles. The average molecular weight is 730 g/mol. The molecule has 2 atom stereocenters. The number of nitrogens with two attached hydrogens (primary N) is 2. The summed E-state index contributed by atoms with van der Waals surface area (Å²) >= 11 is 0.862. The number of unbranched alkanes of at least 4 members (excludes halogenated alkanes) is 2. The number of ether oxygens (including phenoxy) is 1. The number of anilines is 2. The third-order valence-corrected chi connectivity index (χ3v) is 10.1. The number of methoxy groups -OCH3 is 1. The second kappa shape index (κ2) is 19.4. The number of amides is 2. The molecule has 51 heavy (non-hydrogen) atoms. The maximum Gasteiger partial charge on any atom is 0.317 e. The van der Waals surface area contributed by atoms with Gasteiger partial charge in [-0.1, -0.05) is 31.9 Å². The Morgan fingerprint density at radius 3 is 2.51 bits per heavy atom. The Morgan fingerprint density at radius 2 is 1.82 bits per heavy atom. The fourth-order valence-corrected chi connectivity index (χ4v) is 6.85. The van der Waals surface area contributed by atoms with Crippen LogP contribution < -0.4 is 26.8 Å². The number of aliphatic hydroxyl groups excluding tert-OH is 1. The van der Waals surface area contributed by atoms with E-state index >= 15 is 0 Å². The van der Waals surface area contributed by atoms with Crippen molar-refractivity contribution in [2.75, 3.05) is 63.2 Å². The SMILES string of the molecule is CCCCCNc1nc(N)nc2ccn(Cc3ccc(CN4CCN(C(=O)CCNC(=O)C[C@@H](SC[C@H](N)C(O)O)C(=O)O)CC4)cc3OC)c12. The van der Waals surface area contributed by atoms with Gasteiger partial charge in [-0.05, 0) is 24.1 Å². The summed E-state index contributed by atoms with van der Waals surface area (Å²) in [6.45, 7) is 6.82. The normalized spacial score (nSPS) is 14.8. The zero-order chi connectivity index (χ0) is 36.9. The number of aliphatic hydroxyl groups is 2. The number of aromatic nitrogens is 3. The number of nitrogens with one attached hydrogen (secondary N) is 2. The lowest BCUT2D eigenvalue weighted by molar-refractivity contribution is -0.138. The molecule has 4 rings (SSSR count). The van der Waals surface area contributed by atoms with Gasteiger partial charge in [-0.3, -0.25) is 19.3 Å². The van der Waals surface area contributed by atoms with Crippen LogP contribution in [0.5, 0.6) is 5.75 Å². The van der Waals surface area contributed by atoms with E-state index in [-0.39, 0.29) is 37.0 Å². The third kappa shape index (κ3) is 11.7. The number of hydrogen-bond acceptors (Lipinski definition) is 13. The number of carboxylic acid groups (broad SMARTS) is 1. The lowest BCUT2D eigenvalue weighted by atomic mass is 10.1. The number of piperazine rings is 1. The topological polar surface area (TPSA) is 234 Å². The van der Waals surface area contributed by atoms with Crippen LogP contribution >= 0.6 is 11.8 Å². The van der Waals surface area contributed by atoms with E-state index in [0.717, 1.165) is 71.3 Å². The summed E-state index contributed by atoms with van der Waals surface area (Å²) in [5.74, 6) is -0.101. The van der Waals surface area contributed by atoms with Gasteiger partial charge in [0, 0.05) is 76.2 Å². The van der Waals surface area contributed by atoms with Gasteiger partial charge in [0.25, 0.3) is 0 Å². The summed E-state index contributed by atoms with van der Waals surface area (Å²) in [6.07, 6.45) is 3.30. The number of rotatable bonds is 20. The maximum absolute atomic E-state index is 12.8. The molecule has 1 aliphatic rings. The summed E-state index contributed by atoms with van der Waals surface area (Å²) in [5.41, 5.74) is 15.3. The second-order valence-corrected chi connectivity index (χ2v) is 13.8. The fourth-order valence-electron chi connectivity index (χ4n) is 5.81. The molecule has 2 aromatic heterocycles. The standard InChI is InChI=1S/C34H51N9O7S/c1-3-4-5-10-38-31-30-25(39-34(36)40-31)9-12-43(30)20-23-7-6-22(17-26(23)50-2)19-41-13-15-42(16-14-41)29(45)8-11-37-28(44)18-27(33(48)49)51-21-24(35)32(46)47/h6-7,9,12,17,24,27,32,46-47H,3-5,8,10-11,13-16,18-21,35H2,1-2H3,(H,37,44)(H,48,49)(H3,36,38,39,40)/t24-,27+/m0/s1. The van der Waals surface area contributed by atoms with Crippen LogP contribution in [0.25, 0.3) is 11.0 Å². The lowest BCUT2D eigenvalue weighted by Crippen LogP contribution is -2.48. The molecule has 16 nitrogen and oxygen atoms in total. The molecular formula is C34H51N9O7S. The monoisotopic (exact) mass is 729 g/mol. The summed E-state index contributed by atoms with van der Waals surface area (Å²) in [5, 5.41) is 32.5. The Kier molecular flexibility index (Phi) is 15.1. The van der Waals surface area contributed by atoms with E-state index in [1.54, 1.807) is 12.0 Å². The minimum absolute atomic E-state index is 0.0396. The molecule has 0 spiro atoms. The van der Waals surface area contributed by atoms with Crippen LogP contribution in [0, 0.1) is 0 Å². The maximum atomic E-state index is 12.8. The number of nitrogen functional groups attached to an aromatic ring is 1. The molecule has 1 saturated heterocycles. The van der Waals surface area contributed by atoms with Gasteiger partial charge in [0.2, 0.25) is 17.8 Å². The van der Waals surface area contributed by atoms with Crippen LogP contribution in [-0.4, -0.2) is 127 Å². The number of benzene rings is 1. The number of carboxylic acids is 1. The lowest BCUT2D eigenvalue weighted by Gasteiger charge is -2.35. The van der Waals surface area contributed by atoms with Crippen molar-refractivity contribution in [3.63, 3.8) is 0 Å². The molecule has 0 radical (unpaired) electrons. The Bertz CT molecular complexity index is 1610. The van der Waals surface area contributed by atoms with Crippen molar-refractivity contribution in [3.05, 3.63) is 41.6 Å². The first kappa shape index (κ1) is 39.6. The van der Waals surface area contributed by atoms with Crippen molar-refractivity contribution in [2.45, 2.75) is 69.7 Å². The highest BCUT2D eigenvalue weighted by molar-refractivity contribution is 8.00. The highest BCUT2D eigenvalue weighted by atomic mass is 32.2. The largest absolute Gasteiger partial charge is 0.496 e. The predicted octanol–water partition coefficient (Wildman–Crippen LogP) is 1.04. The van der Waals surface area contributed by atoms with Crippen molar-refractivity contribution in [1.29, 1.82) is 0 Å². The number of fused-ring (bicyclic) bond motifs is 1. The van der Waals surface area contributed by atoms with Crippen LogP contribution in [0.3, 0.4) is 0 Å². The summed E-state index contributed by atoms with van der Waals surface area (Å²) in [4.78, 5) is 49.6. The van der Waals surface area contributed by atoms with Crippen LogP contribution in [0.15, 0.2) is 30.5 Å². The first-order chi connectivity index (χ1) is 24.5. The van der Waals surface area contributed by atoms with Gasteiger partial charge in [-0.25, -0.2) is 4.98 Å². The first-order valence-electron chi connectivity index (χ1n) is 17.2. The van der Waals surface area contributed by atoms with Gasteiger partial charge in [-0.2, -0.15) is 4.98 Å². The molecule has 3 heterocycles. The Hall–Kier alpha value is -4.16. The highest BCUT2D eigenvalue weighted by Crippen LogP contribution is 2.28. The number of hydrogen-bond donors (Lipinski definition) is 7. The number of carbonyl (C=O) groups excluding carboxylic acids is 2. The van der Waals surface area contributed by atoms with Crippen molar-refractivity contribution in [3.8, 4) is 5.75 Å². The number of nitrogens with zero attached hydrogens (tertiary/aromatic N) is 5. The Morgan fingerprint density at radius 1 is 1.06 bits per heavy atom. The van der Waals surface area contributed by atoms with Crippen LogP contribution in [0.1, 0.15) is 50.2 Å². The molecule has 9 N–H and O–H groups in total. The third-order valence-electron chi connectivity index (χ3n) is 8.70. The number of carbonyl (C=O) groups is 3. The van der Waals surface area contributed by atoms with Crippen LogP contribution in [-0.2, 0) is 27.5 Å². The van der Waals surface area contributed by atoms with Gasteiger partial charge in [0.15, 0.2) is 12.1 Å². The first-order valence-corrected chi connectivity index (χ1v) is 18.3. The summed E-state index contributed by atoms with van der Waals surface area (Å²) in [7, 11) is 1.67. The zero-order valence-electron chi connectivity index (χ0n) is 29.3. The molecule has 3 aromatic rings. The van der Waals surface area contributed by atoms with E-state index in [4.69, 9.17) is 26.4 Å². The highest BCUT2D eigenvalue weighted by Gasteiger charge is 2.25. The van der Waals surface area contributed by atoms with Crippen molar-refractivity contribution >= 4 is 52.3 Å². The van der Waals surface area contributed by atoms with Crippen molar-refractivity contribution in [1.82, 2.24) is 29.7 Å². The molecule has 0 bridgehead atoms. The number of thioether (sulfide) groups is 1. The summed E-state index contributed by atoms with van der Waals surface area (Å²) < 4.78 is 7.91. The molecule has 2 amide bonds. The van der Waals surface area contributed by atoms with E-state index in [1.807, 2.05) is 12.3 Å². The fraction of sp³-hybridized carbons (Fsp3) is 0.559. The van der Waals surface area contributed by atoms with Crippen LogP contribution in [0.2, 0.25) is 0 Å². The second-order valence-electron chi connectivity index (χ2n) is 12.6. The van der Waals surface area contributed by atoms with Gasteiger partial charge in [0.1, 0.15) is 16.5 Å². The van der Waals surface area contributed by atoms with Gasteiger partial charge >= 0.3 is 5.97 Å². The van der Waals surface area contributed by atoms with Crippen molar-refractivity contribution in [2.24, 2.45) is 5.73 Å². The quantitative estimate of drug-likeness (QED) is 0.0636. The molecule has 0 saturated carbocycles. The molecule has 1 fully saturated rings. The van der Waals surface area contributed by atoms with E-state index in [0.29, 0.717) is 39.3 Å². The van der Waals surface area contributed by atoms with Gasteiger partial charge in [0.05, 0.1) is 25.2 Å². The van der Waals surface area contributed by atoms with Crippen LogP contribution in [0.4, 0.5) is 11.8 Å². The minimum Gasteiger partial charge on any atom is -0.496 e. The predicted molar refractivity (Wildman–Crippen MR) is 196 cm³/mol. The van der Waals surface area contributed by atoms with E-state index in [2.05, 4.69) is 55.2 Å². The molecular weight excluding hydrogens is 678 g/mol. The zero-order valence-corrected chi connectivity index (χ0v) is 30.1. The average Bonchev–Trinajstić information content (AvgIpc) is 3.51. The molecule has 17 heteroatoms. The molecule has 1 aromatic carbocycles. The van der Waals surface area contributed by atoms with Gasteiger partial charge < -0.3 is 51.6 Å². The Labute approximate surface area is 301 Å². The molecule has 280 valence electrons. The van der Waals surface area contributed by atoms with Gasteiger partial charge in [-0.15, -0.1) is 11.8 Å². The minimum atomic E-state index is -1.78. The smallest absolute Gasteiger partial charge is 0.317 e. The molecule has 0 unspecified atom stereocenters. The van der Waals surface area contributed by atoms with Crippen molar-refractivity contribution < 1.29 is 34.4 Å².